The number of para-hydroxylation sites is 2. The minimum absolute atomic E-state index is 0. The van der Waals surface area contributed by atoms with Gasteiger partial charge in [0.2, 0.25) is 11.1 Å². The standard InChI is InChI=1S/C58H75ClN2.HI/c1-7-9-11-13-15-17-19-21-31-47-50(58(5,6)41-52-55(47)48-32-22-24-33-51(48)60-52)38-36-44-29-27-28-43(56(44)59)35-37-45-40-49-46-30-23-25-34-53(46)61(54(49)42-57(45,3)4)39-26-20-18-16-14-12-10-8-2;/h22-25,30,32-38,40-42H,7-21,26-29,31,39H2,1-6H3;1H. The van der Waals surface area contributed by atoms with Crippen molar-refractivity contribution >= 4 is 39.7 Å². The Hall–Kier alpha value is -3.15. The largest absolute Gasteiger partial charge is 1.00 e. The maximum atomic E-state index is 7.41. The molecule has 7 rings (SSSR count). The number of nitrogens with one attached hydrogen (secondary N) is 1. The number of rotatable bonds is 21. The summed E-state index contributed by atoms with van der Waals surface area (Å²) in [5.74, 6) is 0. The number of H-pyrrole nitrogens is 1. The number of allylic oxidation sites excluding steroid dienone is 11. The van der Waals surface area contributed by atoms with E-state index < -0.39 is 0 Å². The van der Waals surface area contributed by atoms with Gasteiger partial charge in [0, 0.05) is 49.8 Å². The lowest BCUT2D eigenvalue weighted by Crippen LogP contribution is -3.00. The topological polar surface area (TPSA) is 18.8 Å². The summed E-state index contributed by atoms with van der Waals surface area (Å²) in [6.07, 6.45) is 42.7. The molecule has 0 atom stereocenters. The Labute approximate surface area is 397 Å². The first-order valence-corrected chi connectivity index (χ1v) is 25.0. The lowest BCUT2D eigenvalue weighted by Gasteiger charge is -2.30. The molecule has 0 fully saturated rings. The first-order chi connectivity index (χ1) is 29.6. The zero-order valence-corrected chi connectivity index (χ0v) is 42.1. The first kappa shape index (κ1) is 48.3. The van der Waals surface area contributed by atoms with Gasteiger partial charge in [0.15, 0.2) is 0 Å². The van der Waals surface area contributed by atoms with E-state index in [4.69, 9.17) is 11.6 Å². The SMILES string of the molecule is CCCCCCCCCCC1=c2c([nH]c3ccccc23)=CC(C)(C)C1=CC=C1CCCC(C=CC2=CC3=c4ccccc4=[N+](CCCCCCCCCC)C3=CC2(C)C)=C1Cl.[I-]. The van der Waals surface area contributed by atoms with Crippen LogP contribution >= 0.6 is 11.6 Å². The Bertz CT molecular complexity index is 2490. The monoisotopic (exact) mass is 962 g/mol. The molecule has 62 heavy (non-hydrogen) atoms. The Kier molecular flexibility index (Phi) is 17.7. The Morgan fingerprint density at radius 1 is 0.694 bits per heavy atom. The summed E-state index contributed by atoms with van der Waals surface area (Å²) in [6, 6.07) is 17.9. The van der Waals surface area contributed by atoms with E-state index in [-0.39, 0.29) is 34.8 Å². The van der Waals surface area contributed by atoms with Gasteiger partial charge in [0.1, 0.15) is 6.54 Å². The molecule has 4 aliphatic rings. The van der Waals surface area contributed by atoms with Crippen LogP contribution in [-0.4, -0.2) is 11.5 Å². The number of fused-ring (bicyclic) bond motifs is 5. The van der Waals surface area contributed by atoms with E-state index in [9.17, 15) is 0 Å². The van der Waals surface area contributed by atoms with Crippen molar-refractivity contribution in [3.63, 3.8) is 0 Å². The van der Waals surface area contributed by atoms with Crippen LogP contribution in [-0.2, 0) is 0 Å². The van der Waals surface area contributed by atoms with E-state index in [1.165, 1.54) is 174 Å². The van der Waals surface area contributed by atoms with Gasteiger partial charge in [-0.2, -0.15) is 4.58 Å². The smallest absolute Gasteiger partial charge is 0.213 e. The van der Waals surface area contributed by atoms with Crippen molar-refractivity contribution in [1.82, 2.24) is 9.56 Å². The molecule has 2 aromatic carbocycles. The van der Waals surface area contributed by atoms with Crippen LogP contribution in [0.1, 0.15) is 170 Å². The summed E-state index contributed by atoms with van der Waals surface area (Å²) >= 11 is 7.41. The summed E-state index contributed by atoms with van der Waals surface area (Å²) < 4.78 is 2.61. The average molecular weight is 964 g/mol. The van der Waals surface area contributed by atoms with Crippen molar-refractivity contribution in [1.29, 1.82) is 0 Å². The number of halogens is 2. The molecule has 1 aliphatic heterocycles. The van der Waals surface area contributed by atoms with E-state index >= 15 is 0 Å². The number of nitrogens with zero attached hydrogens (tertiary/aromatic N) is 1. The fraction of sp³-hybridized carbons (Fsp3) is 0.500. The number of hydrogen-bond acceptors (Lipinski definition) is 0. The second kappa shape index (κ2) is 22.7. The third-order valence-electron chi connectivity index (χ3n) is 14.0. The molecule has 1 N–H and O–H groups in total. The molecule has 2 heterocycles. The van der Waals surface area contributed by atoms with Gasteiger partial charge in [-0.15, -0.1) is 0 Å². The van der Waals surface area contributed by atoms with Crippen LogP contribution in [0.2, 0.25) is 0 Å². The van der Waals surface area contributed by atoms with Gasteiger partial charge in [-0.3, -0.25) is 0 Å². The molecule has 1 aromatic heterocycles. The van der Waals surface area contributed by atoms with Gasteiger partial charge in [0.25, 0.3) is 0 Å². The Balaban J connectivity index is 0.00000641. The summed E-state index contributed by atoms with van der Waals surface area (Å²) in [6.45, 7) is 15.2. The molecule has 0 bridgehead atoms. The minimum atomic E-state index is -0.0978. The van der Waals surface area contributed by atoms with Crippen LogP contribution in [0.4, 0.5) is 0 Å². The molecule has 0 amide bonds. The number of aromatic amines is 1. The van der Waals surface area contributed by atoms with Gasteiger partial charge in [0.05, 0.1) is 10.8 Å². The lowest BCUT2D eigenvalue weighted by atomic mass is 9.74. The minimum Gasteiger partial charge on any atom is -1.00 e. The quantitative estimate of drug-likeness (QED) is 0.0623. The second-order valence-electron chi connectivity index (χ2n) is 19.7. The maximum Gasteiger partial charge on any atom is 0.213 e. The lowest BCUT2D eigenvalue weighted by molar-refractivity contribution is -0.0000129. The van der Waals surface area contributed by atoms with E-state index in [0.29, 0.717) is 0 Å². The number of hydrogen-bond donors (Lipinski definition) is 1. The van der Waals surface area contributed by atoms with Crippen LogP contribution < -0.4 is 49.7 Å². The molecule has 0 saturated heterocycles. The zero-order chi connectivity index (χ0) is 42.8. The van der Waals surface area contributed by atoms with Crippen molar-refractivity contribution in [2.75, 3.05) is 6.54 Å². The average Bonchev–Trinajstić information content (AvgIpc) is 3.75. The summed E-state index contributed by atoms with van der Waals surface area (Å²) in [4.78, 5) is 3.79. The molecule has 4 heteroatoms. The number of unbranched alkanes of at least 4 members (excludes halogenated alkanes) is 14. The highest BCUT2D eigenvalue weighted by Gasteiger charge is 2.35. The highest BCUT2D eigenvalue weighted by atomic mass is 127. The molecule has 0 saturated carbocycles. The third kappa shape index (κ3) is 11.4. The van der Waals surface area contributed by atoms with Crippen LogP contribution in [0, 0.1) is 10.8 Å². The van der Waals surface area contributed by atoms with Crippen molar-refractivity contribution in [3.8, 4) is 0 Å². The Morgan fingerprint density at radius 2 is 1.34 bits per heavy atom. The van der Waals surface area contributed by atoms with Gasteiger partial charge >= 0.3 is 0 Å². The fourth-order valence-corrected chi connectivity index (χ4v) is 10.8. The van der Waals surface area contributed by atoms with E-state index in [0.717, 1.165) is 37.3 Å². The number of benzene rings is 2. The van der Waals surface area contributed by atoms with Crippen LogP contribution in [0.15, 0.2) is 118 Å². The molecule has 0 radical (unpaired) electrons. The van der Waals surface area contributed by atoms with Crippen molar-refractivity contribution < 1.29 is 24.0 Å². The van der Waals surface area contributed by atoms with Gasteiger partial charge < -0.3 is 29.0 Å². The normalized spacial score (nSPS) is 19.2. The third-order valence-corrected chi connectivity index (χ3v) is 14.5. The summed E-state index contributed by atoms with van der Waals surface area (Å²) in [5.41, 5.74) is 10.6. The second-order valence-corrected chi connectivity index (χ2v) is 20.1. The predicted octanol–water partition coefficient (Wildman–Crippen LogP) is 11.1. The summed E-state index contributed by atoms with van der Waals surface area (Å²) in [5, 5.41) is 7.71. The van der Waals surface area contributed by atoms with Crippen molar-refractivity contribution in [2.45, 2.75) is 170 Å². The molecular weight excluding hydrogens is 887 g/mol. The predicted molar refractivity (Wildman–Crippen MR) is 266 cm³/mol. The van der Waals surface area contributed by atoms with E-state index in [1.807, 2.05) is 0 Å². The molecule has 3 aliphatic carbocycles. The van der Waals surface area contributed by atoms with Crippen molar-refractivity contribution in [2.24, 2.45) is 10.8 Å². The highest BCUT2D eigenvalue weighted by Crippen LogP contribution is 2.42. The molecule has 3 aromatic rings. The molecule has 0 unspecified atom stereocenters. The first-order valence-electron chi connectivity index (χ1n) is 24.6. The van der Waals surface area contributed by atoms with E-state index in [2.05, 4.69) is 142 Å². The van der Waals surface area contributed by atoms with Crippen LogP contribution in [0.5, 0.6) is 0 Å². The number of aromatic nitrogens is 1. The highest BCUT2D eigenvalue weighted by molar-refractivity contribution is 6.32. The maximum absolute atomic E-state index is 7.41. The van der Waals surface area contributed by atoms with Gasteiger partial charge in [-0.05, 0) is 90.7 Å². The molecule has 2 nitrogen and oxygen atoms in total. The molecule has 0 spiro atoms. The molecular formula is C58H76ClIN2. The van der Waals surface area contributed by atoms with E-state index in [1.54, 1.807) is 0 Å². The van der Waals surface area contributed by atoms with Crippen LogP contribution in [0.25, 0.3) is 28.1 Å². The van der Waals surface area contributed by atoms with Crippen LogP contribution in [0.3, 0.4) is 0 Å². The fourth-order valence-electron chi connectivity index (χ4n) is 10.5. The molecule has 332 valence electrons. The van der Waals surface area contributed by atoms with Gasteiger partial charge in [-0.25, -0.2) is 0 Å². The summed E-state index contributed by atoms with van der Waals surface area (Å²) in [7, 11) is 0. The Morgan fingerprint density at radius 3 is 2.06 bits per heavy atom. The van der Waals surface area contributed by atoms with Crippen molar-refractivity contribution in [3.05, 3.63) is 139 Å². The van der Waals surface area contributed by atoms with Gasteiger partial charge in [-0.1, -0.05) is 197 Å². The zero-order valence-electron chi connectivity index (χ0n) is 39.2.